The molecule has 0 aromatic carbocycles. The molecule has 1 saturated carbocycles. The van der Waals surface area contributed by atoms with Gasteiger partial charge in [-0.25, -0.2) is 0 Å². The maximum absolute atomic E-state index is 13.7. The van der Waals surface area contributed by atoms with E-state index in [1.807, 2.05) is 6.92 Å². The number of carbonyl (C=O) groups excluding carboxylic acids is 1. The molecule has 2 fully saturated rings. The van der Waals surface area contributed by atoms with Gasteiger partial charge < -0.3 is 20.4 Å². The molecule has 0 radical (unpaired) electrons. The van der Waals surface area contributed by atoms with Gasteiger partial charge in [-0.05, 0) is 76.9 Å². The molecule has 3 aliphatic rings. The summed E-state index contributed by atoms with van der Waals surface area (Å²) in [6.07, 6.45) is 11.4. The van der Waals surface area contributed by atoms with Crippen molar-refractivity contribution in [2.45, 2.75) is 73.1 Å². The molecule has 172 valence electrons. The normalized spacial score (nSPS) is 21.2. The average Bonchev–Trinajstić information content (AvgIpc) is 2.80. The number of amides is 1. The van der Waals surface area contributed by atoms with E-state index in [2.05, 4.69) is 54.5 Å². The van der Waals surface area contributed by atoms with E-state index in [0.717, 1.165) is 45.4 Å². The first-order valence-corrected chi connectivity index (χ1v) is 12.1. The summed E-state index contributed by atoms with van der Waals surface area (Å²) in [5.74, 6) is 0.777. The van der Waals surface area contributed by atoms with Crippen LogP contribution in [-0.4, -0.2) is 53.5 Å². The lowest BCUT2D eigenvalue weighted by molar-refractivity contribution is -0.130. The zero-order valence-corrected chi connectivity index (χ0v) is 20.3. The number of nitrogens with zero attached hydrogens (tertiary/aromatic N) is 3. The van der Waals surface area contributed by atoms with Crippen LogP contribution in [0.5, 0.6) is 0 Å². The van der Waals surface area contributed by atoms with Crippen molar-refractivity contribution in [3.05, 3.63) is 46.0 Å². The minimum Gasteiger partial charge on any atom is -0.400 e. The van der Waals surface area contributed by atoms with Crippen molar-refractivity contribution in [3.63, 3.8) is 0 Å². The molecule has 0 aromatic heterocycles. The van der Waals surface area contributed by atoms with Gasteiger partial charge in [0.05, 0.1) is 6.67 Å². The van der Waals surface area contributed by atoms with E-state index in [-0.39, 0.29) is 5.91 Å². The van der Waals surface area contributed by atoms with E-state index < -0.39 is 0 Å². The highest BCUT2D eigenvalue weighted by Crippen LogP contribution is 2.30. The van der Waals surface area contributed by atoms with Crippen molar-refractivity contribution in [3.8, 4) is 0 Å². The van der Waals surface area contributed by atoms with Gasteiger partial charge in [0, 0.05) is 37.6 Å². The van der Waals surface area contributed by atoms with Gasteiger partial charge in [0.2, 0.25) is 0 Å². The number of carbonyl (C=O) groups is 1. The summed E-state index contributed by atoms with van der Waals surface area (Å²) in [5.41, 5.74) is 13.0. The third kappa shape index (κ3) is 5.55. The molecule has 1 aliphatic heterocycles. The summed E-state index contributed by atoms with van der Waals surface area (Å²) in [5, 5.41) is 0. The van der Waals surface area contributed by atoms with Crippen LogP contribution < -0.4 is 5.73 Å². The standard InChI is InChI=1S/C26H42N4O/c1-6-13-28(17-23-9-7-10-23)26(31)25(22(5)27)30-15-8-14-29(18-30)24-20(3)12-11-19(2)16-21(24)4/h12,16,23H,6-11,13-15,17-18,27H2,1-5H3/b25-22-. The Hall–Kier alpha value is -2.17. The number of nitrogens with two attached hydrogens (primary N) is 1. The summed E-state index contributed by atoms with van der Waals surface area (Å²) < 4.78 is 0. The molecule has 0 unspecified atom stereocenters. The highest BCUT2D eigenvalue weighted by molar-refractivity contribution is 5.93. The molecular weight excluding hydrogens is 384 g/mol. The Morgan fingerprint density at radius 1 is 1.19 bits per heavy atom. The maximum atomic E-state index is 13.7. The lowest BCUT2D eigenvalue weighted by Gasteiger charge is -2.42. The van der Waals surface area contributed by atoms with Crippen LogP contribution in [0.15, 0.2) is 46.0 Å². The monoisotopic (exact) mass is 426 g/mol. The smallest absolute Gasteiger partial charge is 0.271 e. The Bertz CT molecular complexity index is 796. The van der Waals surface area contributed by atoms with Gasteiger partial charge in [-0.15, -0.1) is 0 Å². The van der Waals surface area contributed by atoms with Crippen LogP contribution >= 0.6 is 0 Å². The Labute approximate surface area is 189 Å². The van der Waals surface area contributed by atoms with Gasteiger partial charge in [-0.2, -0.15) is 0 Å². The number of rotatable bonds is 7. The Morgan fingerprint density at radius 2 is 1.94 bits per heavy atom. The van der Waals surface area contributed by atoms with Crippen molar-refractivity contribution in [2.24, 2.45) is 11.7 Å². The molecule has 3 rings (SSSR count). The molecule has 0 aromatic rings. The summed E-state index contributed by atoms with van der Waals surface area (Å²) in [7, 11) is 0. The molecule has 5 nitrogen and oxygen atoms in total. The lowest BCUT2D eigenvalue weighted by atomic mass is 9.85. The lowest BCUT2D eigenvalue weighted by Crippen LogP contribution is -2.49. The Morgan fingerprint density at radius 3 is 2.55 bits per heavy atom. The largest absolute Gasteiger partial charge is 0.400 e. The van der Waals surface area contributed by atoms with Gasteiger partial charge >= 0.3 is 0 Å². The second kappa shape index (κ2) is 10.4. The molecule has 2 aliphatic carbocycles. The first-order chi connectivity index (χ1) is 14.8. The quantitative estimate of drug-likeness (QED) is 0.597. The van der Waals surface area contributed by atoms with Crippen LogP contribution in [0.3, 0.4) is 0 Å². The van der Waals surface area contributed by atoms with Gasteiger partial charge in [0.15, 0.2) is 0 Å². The second-order valence-corrected chi connectivity index (χ2v) is 9.72. The van der Waals surface area contributed by atoms with Crippen LogP contribution in [0.25, 0.3) is 0 Å². The molecular formula is C26H42N4O. The predicted octanol–water partition coefficient (Wildman–Crippen LogP) is 4.75. The molecule has 5 heteroatoms. The maximum Gasteiger partial charge on any atom is 0.271 e. The van der Waals surface area contributed by atoms with E-state index in [4.69, 9.17) is 5.73 Å². The average molecular weight is 427 g/mol. The van der Waals surface area contributed by atoms with Crippen LogP contribution in [-0.2, 0) is 4.79 Å². The number of hydrogen-bond donors (Lipinski definition) is 1. The first-order valence-electron chi connectivity index (χ1n) is 12.1. The van der Waals surface area contributed by atoms with Crippen molar-refractivity contribution in [2.75, 3.05) is 32.8 Å². The van der Waals surface area contributed by atoms with Gasteiger partial charge in [-0.1, -0.05) is 31.1 Å². The molecule has 1 heterocycles. The van der Waals surface area contributed by atoms with Gasteiger partial charge in [0.1, 0.15) is 5.70 Å². The zero-order valence-electron chi connectivity index (χ0n) is 20.3. The van der Waals surface area contributed by atoms with Crippen molar-refractivity contribution in [1.29, 1.82) is 0 Å². The summed E-state index contributed by atoms with van der Waals surface area (Å²) >= 11 is 0. The van der Waals surface area contributed by atoms with Crippen molar-refractivity contribution in [1.82, 2.24) is 14.7 Å². The molecule has 31 heavy (non-hydrogen) atoms. The van der Waals surface area contributed by atoms with Crippen LogP contribution in [0.2, 0.25) is 0 Å². The Balaban J connectivity index is 1.82. The van der Waals surface area contributed by atoms with E-state index in [9.17, 15) is 4.79 Å². The van der Waals surface area contributed by atoms with E-state index in [0.29, 0.717) is 24.0 Å². The van der Waals surface area contributed by atoms with Crippen molar-refractivity contribution < 1.29 is 4.79 Å². The predicted molar refractivity (Wildman–Crippen MR) is 129 cm³/mol. The third-order valence-electron chi connectivity index (χ3n) is 6.83. The Kier molecular flexibility index (Phi) is 7.90. The first kappa shape index (κ1) is 23.5. The number of allylic oxidation sites excluding steroid dienone is 6. The summed E-state index contributed by atoms with van der Waals surface area (Å²) in [6.45, 7) is 14.9. The molecule has 0 bridgehead atoms. The minimum atomic E-state index is 0.116. The number of hydrogen-bond acceptors (Lipinski definition) is 4. The molecule has 0 atom stereocenters. The fourth-order valence-electron chi connectivity index (χ4n) is 5.12. The topological polar surface area (TPSA) is 52.8 Å². The second-order valence-electron chi connectivity index (χ2n) is 9.72. The molecule has 0 spiro atoms. The summed E-state index contributed by atoms with van der Waals surface area (Å²) in [6, 6.07) is 0. The fraction of sp³-hybridized carbons (Fsp3) is 0.654. The zero-order chi connectivity index (χ0) is 22.5. The van der Waals surface area contributed by atoms with Crippen molar-refractivity contribution >= 4 is 5.91 Å². The van der Waals surface area contributed by atoms with E-state index in [1.165, 1.54) is 41.7 Å². The molecule has 1 amide bonds. The molecule has 1 saturated heterocycles. The van der Waals surface area contributed by atoms with Crippen LogP contribution in [0.1, 0.15) is 73.1 Å². The highest BCUT2D eigenvalue weighted by Gasteiger charge is 2.31. The van der Waals surface area contributed by atoms with E-state index >= 15 is 0 Å². The van der Waals surface area contributed by atoms with Gasteiger partial charge in [-0.3, -0.25) is 4.79 Å². The third-order valence-corrected chi connectivity index (χ3v) is 6.83. The SMILES string of the molecule is CCCN(CC1CCC1)C(=O)/C(=C(\C)N)N1CCCN(C2=C(C)C=C(C)CC=C2C)C1. The van der Waals surface area contributed by atoms with Crippen LogP contribution in [0, 0.1) is 5.92 Å². The minimum absolute atomic E-state index is 0.116. The molecule has 2 N–H and O–H groups in total. The van der Waals surface area contributed by atoms with E-state index in [1.54, 1.807) is 0 Å². The highest BCUT2D eigenvalue weighted by atomic mass is 16.2. The fourth-order valence-corrected chi connectivity index (χ4v) is 5.12. The van der Waals surface area contributed by atoms with Crippen LogP contribution in [0.4, 0.5) is 0 Å². The summed E-state index contributed by atoms with van der Waals surface area (Å²) in [4.78, 5) is 20.4. The van der Waals surface area contributed by atoms with Gasteiger partial charge in [0.25, 0.3) is 5.91 Å².